The maximum absolute atomic E-state index is 3.60. The Kier molecular flexibility index (Phi) is 1.50. The molecule has 1 aromatic rings. The lowest BCUT2D eigenvalue weighted by Crippen LogP contribution is -1.85. The molecule has 1 heterocycles. The molecule has 0 aliphatic rings. The first-order valence-corrected chi connectivity index (χ1v) is 2.77. The average molecular weight is 207 g/mol. The third kappa shape index (κ3) is 1.34. The van der Waals surface area contributed by atoms with Crippen molar-refractivity contribution >= 4 is 22.6 Å². The van der Waals surface area contributed by atoms with Gasteiger partial charge >= 0.3 is 0 Å². The van der Waals surface area contributed by atoms with Crippen LogP contribution in [-0.2, 0) is 0 Å². The molecular formula is C3H2IN3. The number of halogens is 1. The summed E-state index contributed by atoms with van der Waals surface area (Å²) < 4.78 is 0.868. The number of nitrogens with zero attached hydrogens (tertiary/aromatic N) is 3. The van der Waals surface area contributed by atoms with Crippen LogP contribution in [0.4, 0.5) is 0 Å². The van der Waals surface area contributed by atoms with Crippen molar-refractivity contribution in [3.8, 4) is 0 Å². The zero-order chi connectivity index (χ0) is 5.11. The van der Waals surface area contributed by atoms with Crippen LogP contribution in [0.15, 0.2) is 12.3 Å². The van der Waals surface area contributed by atoms with Gasteiger partial charge < -0.3 is 0 Å². The van der Waals surface area contributed by atoms with E-state index in [0.29, 0.717) is 0 Å². The van der Waals surface area contributed by atoms with E-state index in [0.717, 1.165) is 3.70 Å². The number of hydrogen-bond acceptors (Lipinski definition) is 3. The highest BCUT2D eigenvalue weighted by Crippen LogP contribution is 1.91. The van der Waals surface area contributed by atoms with Crippen LogP contribution in [-0.4, -0.2) is 15.4 Å². The Balaban J connectivity index is 3.02. The van der Waals surface area contributed by atoms with Gasteiger partial charge in [-0.2, -0.15) is 0 Å². The van der Waals surface area contributed by atoms with Crippen LogP contribution in [0.5, 0.6) is 0 Å². The molecule has 0 spiro atoms. The second-order valence-corrected chi connectivity index (χ2v) is 2.05. The summed E-state index contributed by atoms with van der Waals surface area (Å²) in [5.74, 6) is 0. The first-order valence-electron chi connectivity index (χ1n) is 1.69. The second kappa shape index (κ2) is 2.15. The lowest BCUT2D eigenvalue weighted by Gasteiger charge is -1.77. The largest absolute Gasteiger partial charge is 0.139 e. The van der Waals surface area contributed by atoms with E-state index in [1.807, 2.05) is 0 Å². The molecule has 1 aromatic heterocycles. The van der Waals surface area contributed by atoms with Gasteiger partial charge in [0.05, 0.1) is 6.20 Å². The van der Waals surface area contributed by atoms with E-state index in [1.165, 1.54) is 0 Å². The van der Waals surface area contributed by atoms with E-state index < -0.39 is 0 Å². The lowest BCUT2D eigenvalue weighted by molar-refractivity contribution is 0.848. The zero-order valence-electron chi connectivity index (χ0n) is 3.37. The Bertz CT molecular complexity index is 140. The molecule has 36 valence electrons. The third-order valence-electron chi connectivity index (χ3n) is 0.471. The second-order valence-electron chi connectivity index (χ2n) is 0.943. The van der Waals surface area contributed by atoms with E-state index in [2.05, 4.69) is 38.0 Å². The minimum Gasteiger partial charge on any atom is -0.139 e. The molecule has 0 saturated heterocycles. The van der Waals surface area contributed by atoms with Crippen molar-refractivity contribution in [1.29, 1.82) is 0 Å². The van der Waals surface area contributed by atoms with Gasteiger partial charge in [0.2, 0.25) is 0 Å². The van der Waals surface area contributed by atoms with Crippen LogP contribution >= 0.6 is 22.6 Å². The molecule has 0 unspecified atom stereocenters. The van der Waals surface area contributed by atoms with Gasteiger partial charge in [-0.25, -0.2) is 0 Å². The average Bonchev–Trinajstić information content (AvgIpc) is 1.69. The van der Waals surface area contributed by atoms with Crippen molar-refractivity contribution in [3.63, 3.8) is 0 Å². The lowest BCUT2D eigenvalue weighted by atomic mass is 10.7. The monoisotopic (exact) mass is 207 g/mol. The van der Waals surface area contributed by atoms with E-state index in [4.69, 9.17) is 0 Å². The molecule has 4 heteroatoms. The van der Waals surface area contributed by atoms with Crippen LogP contribution in [0.2, 0.25) is 0 Å². The molecule has 0 radical (unpaired) electrons. The summed E-state index contributed by atoms with van der Waals surface area (Å²) in [6.45, 7) is 0. The van der Waals surface area contributed by atoms with Crippen molar-refractivity contribution in [3.05, 3.63) is 16.0 Å². The van der Waals surface area contributed by atoms with Crippen LogP contribution in [0.3, 0.4) is 0 Å². The Labute approximate surface area is 54.3 Å². The number of rotatable bonds is 0. The van der Waals surface area contributed by atoms with Gasteiger partial charge in [-0.05, 0) is 33.9 Å². The standard InChI is InChI=1S/C3H2IN3/c4-3-1-2-5-7-6-3/h1-2H. The Morgan fingerprint density at radius 1 is 1.57 bits per heavy atom. The fraction of sp³-hybridized carbons (Fsp3) is 0. The number of hydrogen-bond donors (Lipinski definition) is 0. The summed E-state index contributed by atoms with van der Waals surface area (Å²) in [5, 5.41) is 10.5. The van der Waals surface area contributed by atoms with Crippen LogP contribution in [0.25, 0.3) is 0 Å². The highest BCUT2D eigenvalue weighted by atomic mass is 127. The van der Waals surface area contributed by atoms with E-state index in [-0.39, 0.29) is 0 Å². The maximum Gasteiger partial charge on any atom is 0.127 e. The van der Waals surface area contributed by atoms with Crippen LogP contribution in [0.1, 0.15) is 0 Å². The predicted octanol–water partition coefficient (Wildman–Crippen LogP) is 0.476. The first kappa shape index (κ1) is 4.89. The SMILES string of the molecule is Ic1ccnnn1. The third-order valence-corrected chi connectivity index (χ3v) is 1.05. The van der Waals surface area contributed by atoms with Crippen molar-refractivity contribution < 1.29 is 0 Å². The molecular weight excluding hydrogens is 205 g/mol. The molecule has 1 rings (SSSR count). The van der Waals surface area contributed by atoms with Gasteiger partial charge in [0.15, 0.2) is 0 Å². The summed E-state index contributed by atoms with van der Waals surface area (Å²) in [6.07, 6.45) is 1.61. The minimum absolute atomic E-state index is 0.868. The van der Waals surface area contributed by atoms with Crippen LogP contribution in [0, 0.1) is 3.70 Å². The van der Waals surface area contributed by atoms with Crippen LogP contribution < -0.4 is 0 Å². The van der Waals surface area contributed by atoms with Gasteiger partial charge in [0.1, 0.15) is 3.70 Å². The quantitative estimate of drug-likeness (QED) is 0.580. The van der Waals surface area contributed by atoms with Gasteiger partial charge in [0, 0.05) is 0 Å². The van der Waals surface area contributed by atoms with Gasteiger partial charge in [-0.1, -0.05) is 0 Å². The Morgan fingerprint density at radius 2 is 2.43 bits per heavy atom. The van der Waals surface area contributed by atoms with Gasteiger partial charge in [0.25, 0.3) is 0 Å². The van der Waals surface area contributed by atoms with E-state index in [1.54, 1.807) is 12.3 Å². The van der Waals surface area contributed by atoms with Crippen molar-refractivity contribution in [2.75, 3.05) is 0 Å². The Hall–Kier alpha value is -0.260. The maximum atomic E-state index is 3.60. The van der Waals surface area contributed by atoms with Crippen molar-refractivity contribution in [2.24, 2.45) is 0 Å². The molecule has 0 fully saturated rings. The van der Waals surface area contributed by atoms with E-state index >= 15 is 0 Å². The highest BCUT2D eigenvalue weighted by molar-refractivity contribution is 14.1. The molecule has 0 aromatic carbocycles. The molecule has 7 heavy (non-hydrogen) atoms. The molecule has 0 aliphatic heterocycles. The summed E-state index contributed by atoms with van der Waals surface area (Å²) in [4.78, 5) is 0. The molecule has 0 saturated carbocycles. The molecule has 0 amide bonds. The molecule has 0 atom stereocenters. The fourth-order valence-corrected chi connectivity index (χ4v) is 0.484. The number of aromatic nitrogens is 3. The molecule has 3 nitrogen and oxygen atoms in total. The smallest absolute Gasteiger partial charge is 0.127 e. The summed E-state index contributed by atoms with van der Waals surface area (Å²) >= 11 is 2.07. The Morgan fingerprint density at radius 3 is 2.71 bits per heavy atom. The summed E-state index contributed by atoms with van der Waals surface area (Å²) in [5.41, 5.74) is 0. The minimum atomic E-state index is 0.868. The predicted molar refractivity (Wildman–Crippen MR) is 32.5 cm³/mol. The first-order chi connectivity index (χ1) is 3.39. The van der Waals surface area contributed by atoms with E-state index in [9.17, 15) is 0 Å². The molecule has 0 aliphatic carbocycles. The topological polar surface area (TPSA) is 38.7 Å². The normalized spacial score (nSPS) is 8.71. The molecule has 0 N–H and O–H groups in total. The summed E-state index contributed by atoms with van der Waals surface area (Å²) in [6, 6.07) is 1.79. The molecule has 0 bridgehead atoms. The fourth-order valence-electron chi connectivity index (χ4n) is 0.227. The zero-order valence-corrected chi connectivity index (χ0v) is 5.53. The van der Waals surface area contributed by atoms with Crippen molar-refractivity contribution in [2.45, 2.75) is 0 Å². The van der Waals surface area contributed by atoms with Crippen molar-refractivity contribution in [1.82, 2.24) is 15.4 Å². The summed E-state index contributed by atoms with van der Waals surface area (Å²) in [7, 11) is 0. The highest BCUT2D eigenvalue weighted by Gasteiger charge is 1.78. The van der Waals surface area contributed by atoms with Gasteiger partial charge in [-0.3, -0.25) is 0 Å². The van der Waals surface area contributed by atoms with Gasteiger partial charge in [-0.15, -0.1) is 10.2 Å².